The number of para-hydroxylation sites is 1. The summed E-state index contributed by atoms with van der Waals surface area (Å²) in [4.78, 5) is 36.5. The SMILES string of the molecule is CCOc1cc2c3c(c1)C(c1c(C(=O)Nc4nc5ccccc5s4)c(C)n(Cc4ccco4)c1-c1ccccc1)C(=O)N3C(C)(C)C=C2C. The Labute approximate surface area is 288 Å². The van der Waals surface area contributed by atoms with Crippen molar-refractivity contribution >= 4 is 49.8 Å². The molecule has 0 aliphatic carbocycles. The van der Waals surface area contributed by atoms with Gasteiger partial charge in [0.2, 0.25) is 5.91 Å². The summed E-state index contributed by atoms with van der Waals surface area (Å²) in [6, 6.07) is 25.6. The number of thiazole rings is 1. The third-order valence-electron chi connectivity index (χ3n) is 9.53. The Morgan fingerprint density at radius 2 is 1.82 bits per heavy atom. The largest absolute Gasteiger partial charge is 0.494 e. The summed E-state index contributed by atoms with van der Waals surface area (Å²) in [7, 11) is 0. The second kappa shape index (κ2) is 11.6. The lowest BCUT2D eigenvalue weighted by molar-refractivity contribution is -0.119. The molecule has 8 nitrogen and oxygen atoms in total. The van der Waals surface area contributed by atoms with Crippen LogP contribution in [0.4, 0.5) is 10.8 Å². The lowest BCUT2D eigenvalue weighted by atomic mass is 9.85. The van der Waals surface area contributed by atoms with Gasteiger partial charge in [0.15, 0.2) is 5.13 Å². The minimum absolute atomic E-state index is 0.0833. The van der Waals surface area contributed by atoms with E-state index in [2.05, 4.69) is 36.7 Å². The molecule has 0 saturated heterocycles. The van der Waals surface area contributed by atoms with E-state index in [9.17, 15) is 4.79 Å². The lowest BCUT2D eigenvalue weighted by Gasteiger charge is -2.39. The Morgan fingerprint density at radius 3 is 2.55 bits per heavy atom. The maximum atomic E-state index is 15.1. The molecule has 3 aromatic carbocycles. The molecular weight excluding hydrogens is 633 g/mol. The molecule has 3 aromatic heterocycles. The number of nitrogens with zero attached hydrogens (tertiary/aromatic N) is 3. The minimum Gasteiger partial charge on any atom is -0.494 e. The first-order chi connectivity index (χ1) is 23.7. The van der Waals surface area contributed by atoms with Gasteiger partial charge in [-0.05, 0) is 87.7 Å². The summed E-state index contributed by atoms with van der Waals surface area (Å²) in [5, 5.41) is 3.61. The van der Waals surface area contributed by atoms with E-state index < -0.39 is 11.5 Å². The zero-order valence-corrected chi connectivity index (χ0v) is 28.9. The summed E-state index contributed by atoms with van der Waals surface area (Å²) < 4.78 is 15.0. The molecule has 5 heterocycles. The number of hydrogen-bond acceptors (Lipinski definition) is 6. The number of ether oxygens (including phenoxy) is 1. The van der Waals surface area contributed by atoms with Gasteiger partial charge in [0.05, 0.1) is 58.0 Å². The van der Waals surface area contributed by atoms with E-state index in [4.69, 9.17) is 14.1 Å². The van der Waals surface area contributed by atoms with Crippen LogP contribution in [-0.4, -0.2) is 33.5 Å². The van der Waals surface area contributed by atoms with Crippen LogP contribution < -0.4 is 15.0 Å². The summed E-state index contributed by atoms with van der Waals surface area (Å²) in [5.41, 5.74) is 7.47. The first-order valence-electron chi connectivity index (χ1n) is 16.5. The summed E-state index contributed by atoms with van der Waals surface area (Å²) in [5.74, 6) is 0.242. The van der Waals surface area contributed by atoms with E-state index in [1.165, 1.54) is 11.3 Å². The van der Waals surface area contributed by atoms with Crippen molar-refractivity contribution in [1.82, 2.24) is 9.55 Å². The molecule has 2 aliphatic heterocycles. The van der Waals surface area contributed by atoms with Crippen LogP contribution >= 0.6 is 11.3 Å². The topological polar surface area (TPSA) is 89.6 Å². The Kier molecular flexibility index (Phi) is 7.33. The summed E-state index contributed by atoms with van der Waals surface area (Å²) in [6.45, 7) is 11.0. The lowest BCUT2D eigenvalue weighted by Crippen LogP contribution is -2.47. The second-order valence-corrected chi connectivity index (χ2v) is 14.2. The van der Waals surface area contributed by atoms with Gasteiger partial charge < -0.3 is 18.6 Å². The molecule has 246 valence electrons. The molecule has 1 unspecified atom stereocenters. The number of rotatable bonds is 8. The van der Waals surface area contributed by atoms with Crippen molar-refractivity contribution in [2.24, 2.45) is 0 Å². The molecule has 1 atom stereocenters. The average Bonchev–Trinajstić information content (AvgIpc) is 3.85. The van der Waals surface area contributed by atoms with Crippen molar-refractivity contribution in [1.29, 1.82) is 0 Å². The van der Waals surface area contributed by atoms with Crippen LogP contribution in [0.15, 0.2) is 95.6 Å². The number of nitrogens with one attached hydrogen (secondary N) is 1. The van der Waals surface area contributed by atoms with Gasteiger partial charge in [0, 0.05) is 16.8 Å². The molecule has 49 heavy (non-hydrogen) atoms. The number of amides is 2. The molecule has 0 spiro atoms. The molecule has 6 aromatic rings. The van der Waals surface area contributed by atoms with Gasteiger partial charge in [-0.3, -0.25) is 14.9 Å². The van der Waals surface area contributed by atoms with Crippen molar-refractivity contribution in [2.75, 3.05) is 16.8 Å². The molecule has 0 radical (unpaired) electrons. The highest BCUT2D eigenvalue weighted by molar-refractivity contribution is 7.22. The number of aromatic nitrogens is 2. The van der Waals surface area contributed by atoms with Crippen molar-refractivity contribution in [3.63, 3.8) is 0 Å². The number of hydrogen-bond donors (Lipinski definition) is 1. The third-order valence-corrected chi connectivity index (χ3v) is 10.5. The zero-order chi connectivity index (χ0) is 34.0. The van der Waals surface area contributed by atoms with Gasteiger partial charge in [-0.25, -0.2) is 4.98 Å². The van der Waals surface area contributed by atoms with E-state index in [1.807, 2.05) is 97.6 Å². The maximum absolute atomic E-state index is 15.1. The van der Waals surface area contributed by atoms with Crippen molar-refractivity contribution < 1.29 is 18.7 Å². The fourth-order valence-electron chi connectivity index (χ4n) is 7.62. The smallest absolute Gasteiger partial charge is 0.259 e. The first kappa shape index (κ1) is 30.9. The van der Waals surface area contributed by atoms with E-state index in [0.29, 0.717) is 35.2 Å². The molecule has 2 aliphatic rings. The number of benzene rings is 3. The molecule has 2 amide bonds. The van der Waals surface area contributed by atoms with Crippen LogP contribution in [0, 0.1) is 6.92 Å². The average molecular weight is 669 g/mol. The van der Waals surface area contributed by atoms with Crippen LogP contribution in [0.2, 0.25) is 0 Å². The van der Waals surface area contributed by atoms with Gasteiger partial charge in [0.25, 0.3) is 5.91 Å². The molecule has 0 saturated carbocycles. The fraction of sp³-hybridized carbons (Fsp3) is 0.225. The third kappa shape index (κ3) is 4.99. The van der Waals surface area contributed by atoms with Gasteiger partial charge in [-0.2, -0.15) is 0 Å². The van der Waals surface area contributed by atoms with Crippen LogP contribution in [0.5, 0.6) is 5.75 Å². The van der Waals surface area contributed by atoms with Crippen LogP contribution in [0.3, 0.4) is 0 Å². The Morgan fingerprint density at radius 1 is 1.04 bits per heavy atom. The quantitative estimate of drug-likeness (QED) is 0.175. The van der Waals surface area contributed by atoms with Gasteiger partial charge >= 0.3 is 0 Å². The molecular formula is C40H36N4O4S. The van der Waals surface area contributed by atoms with Crippen LogP contribution in [-0.2, 0) is 11.3 Å². The van der Waals surface area contributed by atoms with E-state index in [1.54, 1.807) is 6.26 Å². The van der Waals surface area contributed by atoms with Crippen LogP contribution in [0.1, 0.15) is 72.1 Å². The van der Waals surface area contributed by atoms with Gasteiger partial charge in [-0.1, -0.05) is 59.9 Å². The Balaban J connectivity index is 1.41. The predicted octanol–water partition coefficient (Wildman–Crippen LogP) is 9.04. The first-order valence-corrected chi connectivity index (χ1v) is 17.3. The van der Waals surface area contributed by atoms with E-state index >= 15 is 4.79 Å². The number of carbonyl (C=O) groups excluding carboxylic acids is 2. The number of anilines is 2. The Hall–Kier alpha value is -5.41. The Bertz CT molecular complexity index is 2260. The molecule has 0 fully saturated rings. The monoisotopic (exact) mass is 668 g/mol. The number of fused-ring (bicyclic) bond motifs is 1. The molecule has 8 rings (SSSR count). The van der Waals surface area contributed by atoms with E-state index in [0.717, 1.165) is 55.3 Å². The van der Waals surface area contributed by atoms with Crippen LogP contribution in [0.25, 0.3) is 27.0 Å². The summed E-state index contributed by atoms with van der Waals surface area (Å²) >= 11 is 1.42. The highest BCUT2D eigenvalue weighted by Gasteiger charge is 2.50. The van der Waals surface area contributed by atoms with Gasteiger partial charge in [-0.15, -0.1) is 0 Å². The normalized spacial score (nSPS) is 16.2. The number of carbonyl (C=O) groups is 2. The minimum atomic E-state index is -0.782. The standard InChI is InChI=1S/C40H36N4O4S/c1-6-47-27-19-28-23(2)21-40(4,5)44-36(28)29(20-27)33(38(44)46)34-32(37(45)42-39-41-30-16-10-11-17-31(30)49-39)24(3)43(22-26-15-12-18-48-26)35(34)25-13-8-7-9-14-25/h7-21,33H,6,22H2,1-5H3,(H,41,42,45). The van der Waals surface area contributed by atoms with Crippen molar-refractivity contribution in [2.45, 2.75) is 52.6 Å². The highest BCUT2D eigenvalue weighted by Crippen LogP contribution is 2.55. The summed E-state index contributed by atoms with van der Waals surface area (Å²) in [6.07, 6.45) is 3.79. The second-order valence-electron chi connectivity index (χ2n) is 13.1. The number of furan rings is 1. The van der Waals surface area contributed by atoms with Crippen molar-refractivity contribution in [3.8, 4) is 17.0 Å². The maximum Gasteiger partial charge on any atom is 0.259 e. The van der Waals surface area contributed by atoms with Crippen molar-refractivity contribution in [3.05, 3.63) is 125 Å². The predicted molar refractivity (Wildman–Crippen MR) is 195 cm³/mol. The molecule has 1 N–H and O–H groups in total. The molecule has 9 heteroatoms. The fourth-order valence-corrected chi connectivity index (χ4v) is 8.48. The van der Waals surface area contributed by atoms with Gasteiger partial charge in [0.1, 0.15) is 11.5 Å². The molecule has 0 bridgehead atoms. The highest BCUT2D eigenvalue weighted by atomic mass is 32.1. The number of allylic oxidation sites excluding steroid dienone is 1. The zero-order valence-electron chi connectivity index (χ0n) is 28.0. The van der Waals surface area contributed by atoms with E-state index in [-0.39, 0.29) is 11.8 Å².